The molecule has 1 amide bonds. The van der Waals surface area contributed by atoms with Crippen molar-refractivity contribution in [3.63, 3.8) is 0 Å². The molecule has 1 aromatic carbocycles. The maximum absolute atomic E-state index is 14.2. The van der Waals surface area contributed by atoms with Crippen LogP contribution in [0.2, 0.25) is 0 Å². The summed E-state index contributed by atoms with van der Waals surface area (Å²) >= 11 is 1.21. The number of alkyl halides is 1. The summed E-state index contributed by atoms with van der Waals surface area (Å²) in [5, 5.41) is -0.219. The van der Waals surface area contributed by atoms with Gasteiger partial charge in [0.15, 0.2) is 5.15 Å². The van der Waals surface area contributed by atoms with E-state index in [9.17, 15) is 9.18 Å². The van der Waals surface area contributed by atoms with Crippen molar-refractivity contribution in [3.05, 3.63) is 75.8 Å². The van der Waals surface area contributed by atoms with E-state index in [1.807, 2.05) is 13.0 Å². The Labute approximate surface area is 193 Å². The van der Waals surface area contributed by atoms with Gasteiger partial charge in [0.05, 0.1) is 23.5 Å². The fraction of sp³-hybridized carbons (Fsp3) is 0.190. The third-order valence-electron chi connectivity index (χ3n) is 4.79. The standard InChI is InChI=1S/C21H21FN6OP2S/c1-12-7-14-8-13(3-4-15(14)27-19(12)23)20(29)28(10-17-24-5-2-6-25-17)11-18-26-9-16(32-18)21(22,30)31/h2-9H,10-11,30-31H2,1H3,(H2,23,27). The van der Waals surface area contributed by atoms with E-state index in [-0.39, 0.29) is 19.0 Å². The van der Waals surface area contributed by atoms with E-state index in [0.29, 0.717) is 32.6 Å². The molecule has 7 nitrogen and oxygen atoms in total. The number of carbonyl (C=O) groups excluding carboxylic acids is 1. The number of carbonyl (C=O) groups is 1. The third kappa shape index (κ3) is 5.07. The number of amides is 1. The molecule has 0 fully saturated rings. The van der Waals surface area contributed by atoms with Crippen LogP contribution in [-0.4, -0.2) is 30.7 Å². The second kappa shape index (κ2) is 9.10. The van der Waals surface area contributed by atoms with Crippen molar-refractivity contribution < 1.29 is 9.18 Å². The van der Waals surface area contributed by atoms with Crippen molar-refractivity contribution in [2.24, 2.45) is 0 Å². The number of anilines is 1. The van der Waals surface area contributed by atoms with Crippen LogP contribution in [0.25, 0.3) is 10.9 Å². The van der Waals surface area contributed by atoms with E-state index in [1.165, 1.54) is 17.5 Å². The van der Waals surface area contributed by atoms with Gasteiger partial charge in [0.2, 0.25) is 0 Å². The number of pyridine rings is 1. The van der Waals surface area contributed by atoms with Crippen molar-refractivity contribution in [2.45, 2.75) is 25.2 Å². The summed E-state index contributed by atoms with van der Waals surface area (Å²) in [6.45, 7) is 2.26. The number of hydrogen-bond acceptors (Lipinski definition) is 7. The van der Waals surface area contributed by atoms with E-state index in [4.69, 9.17) is 5.73 Å². The van der Waals surface area contributed by atoms with Gasteiger partial charge in [0, 0.05) is 29.5 Å². The molecule has 3 heterocycles. The van der Waals surface area contributed by atoms with Crippen LogP contribution in [0.5, 0.6) is 0 Å². The van der Waals surface area contributed by atoms with Gasteiger partial charge in [0.1, 0.15) is 16.6 Å². The lowest BCUT2D eigenvalue weighted by Crippen LogP contribution is -2.30. The van der Waals surface area contributed by atoms with E-state index in [0.717, 1.165) is 10.9 Å². The van der Waals surface area contributed by atoms with Crippen molar-refractivity contribution in [3.8, 4) is 0 Å². The van der Waals surface area contributed by atoms with Crippen LogP contribution < -0.4 is 5.73 Å². The van der Waals surface area contributed by atoms with Gasteiger partial charge in [-0.3, -0.25) is 4.79 Å². The molecule has 0 bridgehead atoms. The molecule has 2 unspecified atom stereocenters. The van der Waals surface area contributed by atoms with Crippen LogP contribution in [0.3, 0.4) is 0 Å². The molecule has 164 valence electrons. The molecule has 0 aliphatic rings. The molecule has 0 spiro atoms. The largest absolute Gasteiger partial charge is 0.383 e. The highest BCUT2D eigenvalue weighted by molar-refractivity contribution is 7.39. The first-order valence-electron chi connectivity index (χ1n) is 9.64. The van der Waals surface area contributed by atoms with Crippen molar-refractivity contribution in [1.29, 1.82) is 0 Å². The second-order valence-electron chi connectivity index (χ2n) is 7.31. The summed E-state index contributed by atoms with van der Waals surface area (Å²) in [5.41, 5.74) is 7.95. The van der Waals surface area contributed by atoms with Gasteiger partial charge in [-0.2, -0.15) is 0 Å². The maximum atomic E-state index is 14.2. The van der Waals surface area contributed by atoms with Crippen LogP contribution in [0.4, 0.5) is 10.2 Å². The number of aryl methyl sites for hydroxylation is 1. The van der Waals surface area contributed by atoms with Crippen molar-refractivity contribution >= 4 is 52.4 Å². The molecule has 3 aromatic heterocycles. The summed E-state index contributed by atoms with van der Waals surface area (Å²) < 4.78 is 14.2. The molecule has 0 radical (unpaired) electrons. The predicted octanol–water partition coefficient (Wildman–Crippen LogP) is 4.04. The zero-order valence-corrected chi connectivity index (χ0v) is 20.3. The highest BCUT2D eigenvalue weighted by Crippen LogP contribution is 2.42. The summed E-state index contributed by atoms with van der Waals surface area (Å²) in [6.07, 6.45) is 4.74. The minimum atomic E-state index is -1.65. The van der Waals surface area contributed by atoms with Gasteiger partial charge in [-0.05, 0) is 42.8 Å². The normalized spacial score (nSPS) is 11.6. The Kier molecular flexibility index (Phi) is 6.42. The lowest BCUT2D eigenvalue weighted by molar-refractivity contribution is 0.0725. The molecule has 0 saturated carbocycles. The van der Waals surface area contributed by atoms with Gasteiger partial charge in [-0.25, -0.2) is 24.3 Å². The van der Waals surface area contributed by atoms with Crippen LogP contribution in [0, 0.1) is 6.92 Å². The van der Waals surface area contributed by atoms with E-state index < -0.39 is 5.15 Å². The van der Waals surface area contributed by atoms with E-state index in [2.05, 4.69) is 38.4 Å². The van der Waals surface area contributed by atoms with E-state index in [1.54, 1.807) is 41.6 Å². The monoisotopic (exact) mass is 486 g/mol. The number of aromatic nitrogens is 4. The van der Waals surface area contributed by atoms with Crippen LogP contribution in [0.15, 0.2) is 48.9 Å². The molecule has 4 rings (SSSR count). The quantitative estimate of drug-likeness (QED) is 0.413. The first-order valence-corrected chi connectivity index (χ1v) is 11.6. The molecular weight excluding hydrogens is 465 g/mol. The Balaban J connectivity index is 1.67. The van der Waals surface area contributed by atoms with Crippen LogP contribution in [0.1, 0.15) is 31.6 Å². The van der Waals surface area contributed by atoms with Crippen LogP contribution >= 0.6 is 29.8 Å². The minimum absolute atomic E-state index is 0.189. The van der Waals surface area contributed by atoms with Crippen molar-refractivity contribution in [2.75, 3.05) is 5.73 Å². The summed E-state index contributed by atoms with van der Waals surface area (Å²) in [7, 11) is 4.25. The Bertz CT molecular complexity index is 1280. The lowest BCUT2D eigenvalue weighted by atomic mass is 10.1. The van der Waals surface area contributed by atoms with Gasteiger partial charge >= 0.3 is 0 Å². The molecule has 32 heavy (non-hydrogen) atoms. The number of nitrogens with zero attached hydrogens (tertiary/aromatic N) is 5. The first kappa shape index (κ1) is 22.6. The van der Waals surface area contributed by atoms with Gasteiger partial charge in [0.25, 0.3) is 5.91 Å². The fourth-order valence-corrected chi connectivity index (χ4v) is 4.46. The average molecular weight is 486 g/mol. The third-order valence-corrected chi connectivity index (χ3v) is 6.94. The van der Waals surface area contributed by atoms with Gasteiger partial charge in [-0.15, -0.1) is 11.3 Å². The van der Waals surface area contributed by atoms with Crippen molar-refractivity contribution in [1.82, 2.24) is 24.8 Å². The van der Waals surface area contributed by atoms with Gasteiger partial charge < -0.3 is 10.6 Å². The highest BCUT2D eigenvalue weighted by atomic mass is 32.1. The molecule has 0 saturated heterocycles. The number of hydrogen-bond donors (Lipinski definition) is 1. The Morgan fingerprint density at radius 3 is 2.62 bits per heavy atom. The first-order chi connectivity index (χ1) is 15.2. The van der Waals surface area contributed by atoms with Gasteiger partial charge in [-0.1, -0.05) is 18.5 Å². The Morgan fingerprint density at radius 1 is 1.19 bits per heavy atom. The number of fused-ring (bicyclic) bond motifs is 1. The molecule has 0 aliphatic carbocycles. The Morgan fingerprint density at radius 2 is 1.94 bits per heavy atom. The number of thiazole rings is 1. The van der Waals surface area contributed by atoms with E-state index >= 15 is 0 Å². The number of nitrogens with two attached hydrogens (primary N) is 1. The maximum Gasteiger partial charge on any atom is 0.254 e. The number of halogens is 1. The molecule has 2 atom stereocenters. The summed E-state index contributed by atoms with van der Waals surface area (Å²) in [4.78, 5) is 32.7. The topological polar surface area (TPSA) is 97.9 Å². The average Bonchev–Trinajstić information content (AvgIpc) is 3.23. The lowest BCUT2D eigenvalue weighted by Gasteiger charge is -2.21. The number of nitrogen functional groups attached to an aromatic ring is 1. The SMILES string of the molecule is Cc1cc2cc(C(=O)N(Cc3ncccn3)Cc3ncc(C(F)(P)P)s3)ccc2nc1N. The number of benzene rings is 1. The summed E-state index contributed by atoms with van der Waals surface area (Å²) in [6, 6.07) is 8.91. The van der Waals surface area contributed by atoms with Crippen LogP contribution in [-0.2, 0) is 18.2 Å². The zero-order chi connectivity index (χ0) is 22.9. The predicted molar refractivity (Wildman–Crippen MR) is 131 cm³/mol. The molecular formula is C21H21FN6OP2S. The smallest absolute Gasteiger partial charge is 0.254 e. The second-order valence-corrected chi connectivity index (χ2v) is 10.8. The molecule has 11 heteroatoms. The minimum Gasteiger partial charge on any atom is -0.383 e. The molecule has 0 aliphatic heterocycles. The fourth-order valence-electron chi connectivity index (χ4n) is 3.12. The molecule has 4 aromatic rings. The summed E-state index contributed by atoms with van der Waals surface area (Å²) in [5.74, 6) is 0.751. The number of rotatable bonds is 6. The Hall–Kier alpha value is -2.60. The molecule has 2 N–H and O–H groups in total. The zero-order valence-electron chi connectivity index (χ0n) is 17.2. The highest BCUT2D eigenvalue weighted by Gasteiger charge is 2.25.